The van der Waals surface area contributed by atoms with Gasteiger partial charge in [0.15, 0.2) is 0 Å². The maximum atomic E-state index is 12.1. The third-order valence-corrected chi connectivity index (χ3v) is 3.97. The van der Waals surface area contributed by atoms with Crippen molar-refractivity contribution in [2.75, 3.05) is 11.9 Å². The molecule has 0 atom stereocenters. The average molecular weight is 350 g/mol. The lowest BCUT2D eigenvalue weighted by Gasteiger charge is -2.06. The maximum absolute atomic E-state index is 12.1. The van der Waals surface area contributed by atoms with Crippen LogP contribution in [-0.4, -0.2) is 17.6 Å². The van der Waals surface area contributed by atoms with Gasteiger partial charge in [-0.2, -0.15) is 0 Å². The molecule has 3 nitrogen and oxygen atoms in total. The molecule has 0 aliphatic heterocycles. The highest BCUT2D eigenvalue weighted by Gasteiger charge is 2.09. The number of amides is 1. The second-order valence-corrected chi connectivity index (χ2v) is 6.21. The first-order valence-corrected chi connectivity index (χ1v) is 7.62. The van der Waals surface area contributed by atoms with Crippen molar-refractivity contribution in [2.24, 2.45) is 0 Å². The summed E-state index contributed by atoms with van der Waals surface area (Å²) in [7, 11) is 0. The fourth-order valence-electron chi connectivity index (χ4n) is 1.54. The smallest absolute Gasteiger partial charge is 0.256 e. The summed E-state index contributed by atoms with van der Waals surface area (Å²) in [6.45, 7) is 0.0322. The van der Waals surface area contributed by atoms with Gasteiger partial charge in [0.25, 0.3) is 5.91 Å². The predicted octanol–water partition coefficient (Wildman–Crippen LogP) is 3.50. The molecule has 5 heteroatoms. The van der Waals surface area contributed by atoms with Crippen LogP contribution in [0.5, 0.6) is 0 Å². The molecule has 0 aliphatic carbocycles. The standard InChI is InChI=1S/C15H12BrNO2S/c16-14-9-12(10-20-14)15(19)17-13-7-2-1-5-11(13)6-3-4-8-18/h1-2,5,7,9-10,18H,4,8H2,(H,17,19). The highest BCUT2D eigenvalue weighted by molar-refractivity contribution is 9.11. The van der Waals surface area contributed by atoms with Crippen LogP contribution < -0.4 is 5.32 Å². The fourth-order valence-corrected chi connectivity index (χ4v) is 2.68. The summed E-state index contributed by atoms with van der Waals surface area (Å²) < 4.78 is 0.915. The van der Waals surface area contributed by atoms with E-state index in [1.807, 2.05) is 24.3 Å². The molecule has 0 spiro atoms. The zero-order valence-electron chi connectivity index (χ0n) is 10.5. The van der Waals surface area contributed by atoms with E-state index in [0.29, 0.717) is 17.7 Å². The molecule has 1 heterocycles. The summed E-state index contributed by atoms with van der Waals surface area (Å²) in [5, 5.41) is 13.4. The van der Waals surface area contributed by atoms with Crippen molar-refractivity contribution in [1.82, 2.24) is 0 Å². The van der Waals surface area contributed by atoms with E-state index >= 15 is 0 Å². The first kappa shape index (κ1) is 14.8. The number of aliphatic hydroxyl groups is 1. The third-order valence-electron chi connectivity index (χ3n) is 2.46. The Morgan fingerprint density at radius 1 is 1.40 bits per heavy atom. The quantitative estimate of drug-likeness (QED) is 0.833. The maximum Gasteiger partial charge on any atom is 0.256 e. The number of carbonyl (C=O) groups is 1. The van der Waals surface area contributed by atoms with E-state index in [9.17, 15) is 4.79 Å². The largest absolute Gasteiger partial charge is 0.395 e. The van der Waals surface area contributed by atoms with Gasteiger partial charge in [-0.25, -0.2) is 0 Å². The Labute approximate surface area is 129 Å². The summed E-state index contributed by atoms with van der Waals surface area (Å²) in [4.78, 5) is 12.1. The molecule has 1 aromatic carbocycles. The summed E-state index contributed by atoms with van der Waals surface area (Å²) in [5.41, 5.74) is 2.02. The molecule has 1 amide bonds. The predicted molar refractivity (Wildman–Crippen MR) is 85.0 cm³/mol. The fraction of sp³-hybridized carbons (Fsp3) is 0.133. The minimum Gasteiger partial charge on any atom is -0.395 e. The Bertz CT molecular complexity index is 670. The van der Waals surface area contributed by atoms with Gasteiger partial charge in [-0.1, -0.05) is 24.0 Å². The average Bonchev–Trinajstić information content (AvgIpc) is 2.88. The number of anilines is 1. The molecule has 0 aliphatic rings. The number of aliphatic hydroxyl groups excluding tert-OH is 1. The highest BCUT2D eigenvalue weighted by Crippen LogP contribution is 2.22. The molecule has 0 fully saturated rings. The summed E-state index contributed by atoms with van der Waals surface area (Å²) in [6.07, 6.45) is 0.416. The van der Waals surface area contributed by atoms with Crippen LogP contribution in [0, 0.1) is 11.8 Å². The number of carbonyl (C=O) groups excluding carboxylic acids is 1. The number of thiophene rings is 1. The second kappa shape index (κ2) is 7.25. The Balaban J connectivity index is 2.17. The van der Waals surface area contributed by atoms with E-state index in [0.717, 1.165) is 9.35 Å². The van der Waals surface area contributed by atoms with Gasteiger partial charge in [0.2, 0.25) is 0 Å². The molecule has 0 radical (unpaired) electrons. The molecule has 2 aromatic rings. The number of hydrogen-bond donors (Lipinski definition) is 2. The first-order valence-electron chi connectivity index (χ1n) is 5.95. The van der Waals surface area contributed by atoms with Crippen molar-refractivity contribution in [1.29, 1.82) is 0 Å². The number of halogens is 1. The van der Waals surface area contributed by atoms with E-state index in [1.165, 1.54) is 11.3 Å². The molecule has 0 saturated heterocycles. The van der Waals surface area contributed by atoms with E-state index in [2.05, 4.69) is 33.1 Å². The molecule has 0 bridgehead atoms. The van der Waals surface area contributed by atoms with Crippen LogP contribution in [0.2, 0.25) is 0 Å². The number of para-hydroxylation sites is 1. The Morgan fingerprint density at radius 2 is 2.20 bits per heavy atom. The van der Waals surface area contributed by atoms with Crippen LogP contribution in [-0.2, 0) is 0 Å². The lowest BCUT2D eigenvalue weighted by Crippen LogP contribution is -2.11. The van der Waals surface area contributed by atoms with Crippen LogP contribution >= 0.6 is 27.3 Å². The van der Waals surface area contributed by atoms with Gasteiger partial charge in [0.1, 0.15) is 0 Å². The van der Waals surface area contributed by atoms with Crippen molar-refractivity contribution >= 4 is 38.9 Å². The van der Waals surface area contributed by atoms with Gasteiger partial charge >= 0.3 is 0 Å². The minimum absolute atomic E-state index is 0.0322. The molecule has 1 aromatic heterocycles. The lowest BCUT2D eigenvalue weighted by molar-refractivity contribution is 0.102. The molecule has 102 valence electrons. The van der Waals surface area contributed by atoms with E-state index in [4.69, 9.17) is 5.11 Å². The van der Waals surface area contributed by atoms with Gasteiger partial charge in [-0.15, -0.1) is 11.3 Å². The van der Waals surface area contributed by atoms with Crippen LogP contribution in [0.1, 0.15) is 22.3 Å². The molecule has 20 heavy (non-hydrogen) atoms. The topological polar surface area (TPSA) is 49.3 Å². The second-order valence-electron chi connectivity index (χ2n) is 3.91. The molecule has 2 N–H and O–H groups in total. The van der Waals surface area contributed by atoms with Gasteiger partial charge < -0.3 is 10.4 Å². The van der Waals surface area contributed by atoms with Crippen molar-refractivity contribution < 1.29 is 9.90 Å². The lowest BCUT2D eigenvalue weighted by atomic mass is 10.1. The Morgan fingerprint density at radius 3 is 2.90 bits per heavy atom. The summed E-state index contributed by atoms with van der Waals surface area (Å²) >= 11 is 4.80. The third kappa shape index (κ3) is 3.94. The minimum atomic E-state index is -0.164. The first-order chi connectivity index (χ1) is 9.70. The van der Waals surface area contributed by atoms with Gasteiger partial charge in [-0.3, -0.25) is 4.79 Å². The van der Waals surface area contributed by atoms with E-state index in [-0.39, 0.29) is 12.5 Å². The van der Waals surface area contributed by atoms with Crippen LogP contribution in [0.25, 0.3) is 0 Å². The zero-order chi connectivity index (χ0) is 14.4. The van der Waals surface area contributed by atoms with Gasteiger partial charge in [0, 0.05) is 17.4 Å². The SMILES string of the molecule is O=C(Nc1ccccc1C#CCCO)c1csc(Br)c1. The summed E-state index contributed by atoms with van der Waals surface area (Å²) in [5.74, 6) is 5.63. The number of benzene rings is 1. The van der Waals surface area contributed by atoms with Crippen molar-refractivity contribution in [3.05, 3.63) is 50.6 Å². The van der Waals surface area contributed by atoms with E-state index < -0.39 is 0 Å². The molecule has 2 rings (SSSR count). The molecular formula is C15H12BrNO2S. The monoisotopic (exact) mass is 349 g/mol. The van der Waals surface area contributed by atoms with Crippen molar-refractivity contribution in [3.8, 4) is 11.8 Å². The summed E-state index contributed by atoms with van der Waals surface area (Å²) in [6, 6.07) is 9.13. The highest BCUT2D eigenvalue weighted by atomic mass is 79.9. The Hall–Kier alpha value is -1.61. The number of rotatable bonds is 3. The van der Waals surface area contributed by atoms with Crippen LogP contribution in [0.3, 0.4) is 0 Å². The van der Waals surface area contributed by atoms with Gasteiger partial charge in [-0.05, 0) is 34.1 Å². The Kier molecular flexibility index (Phi) is 5.36. The van der Waals surface area contributed by atoms with Crippen LogP contribution in [0.15, 0.2) is 39.5 Å². The zero-order valence-corrected chi connectivity index (χ0v) is 12.9. The van der Waals surface area contributed by atoms with Crippen molar-refractivity contribution in [3.63, 3.8) is 0 Å². The number of nitrogens with one attached hydrogen (secondary N) is 1. The molecule has 0 unspecified atom stereocenters. The molecular weight excluding hydrogens is 338 g/mol. The number of hydrogen-bond acceptors (Lipinski definition) is 3. The van der Waals surface area contributed by atoms with E-state index in [1.54, 1.807) is 11.4 Å². The molecule has 0 saturated carbocycles. The van der Waals surface area contributed by atoms with Crippen LogP contribution in [0.4, 0.5) is 5.69 Å². The van der Waals surface area contributed by atoms with Crippen molar-refractivity contribution in [2.45, 2.75) is 6.42 Å². The van der Waals surface area contributed by atoms with Gasteiger partial charge in [0.05, 0.1) is 21.6 Å². The normalized spacial score (nSPS) is 9.70.